The van der Waals surface area contributed by atoms with Crippen molar-refractivity contribution in [1.29, 1.82) is 5.26 Å². The van der Waals surface area contributed by atoms with E-state index in [0.717, 1.165) is 0 Å². The van der Waals surface area contributed by atoms with E-state index in [0.29, 0.717) is 6.61 Å². The third-order valence-corrected chi connectivity index (χ3v) is 2.12. The highest BCUT2D eigenvalue weighted by molar-refractivity contribution is 7.75. The van der Waals surface area contributed by atoms with Crippen molar-refractivity contribution in [3.63, 3.8) is 0 Å². The highest BCUT2D eigenvalue weighted by Gasteiger charge is 2.31. The summed E-state index contributed by atoms with van der Waals surface area (Å²) in [4.78, 5) is 11.7. The monoisotopic (exact) mass is 230 g/mol. The van der Waals surface area contributed by atoms with Crippen molar-refractivity contribution in [2.24, 2.45) is 11.3 Å². The lowest BCUT2D eigenvalue weighted by Crippen LogP contribution is -2.42. The van der Waals surface area contributed by atoms with Gasteiger partial charge < -0.3 is 9.50 Å². The summed E-state index contributed by atoms with van der Waals surface area (Å²) in [5.41, 5.74) is -0.361. The zero-order valence-corrected chi connectivity index (χ0v) is 10.5. The second kappa shape index (κ2) is 5.99. The molecule has 0 saturated carbocycles. The molecule has 1 N–H and O–H groups in total. The maximum Gasteiger partial charge on any atom is 0.238 e. The second-order valence-corrected chi connectivity index (χ2v) is 4.89. The first-order valence-corrected chi connectivity index (χ1v) is 5.15. The SMILES string of the molecule is CC(COS)NC(=O)C(C#N)C(C)(C)C. The molecule has 0 fully saturated rings. The van der Waals surface area contributed by atoms with Gasteiger partial charge in [-0.15, -0.1) is 0 Å². The van der Waals surface area contributed by atoms with Crippen LogP contribution in [0.4, 0.5) is 0 Å². The van der Waals surface area contributed by atoms with E-state index >= 15 is 0 Å². The number of rotatable bonds is 4. The van der Waals surface area contributed by atoms with Gasteiger partial charge in [0.2, 0.25) is 5.91 Å². The Bertz CT molecular complexity index is 255. The van der Waals surface area contributed by atoms with Gasteiger partial charge in [-0.25, -0.2) is 0 Å². The first-order valence-electron chi connectivity index (χ1n) is 4.79. The first kappa shape index (κ1) is 14.3. The van der Waals surface area contributed by atoms with Crippen LogP contribution in [0.5, 0.6) is 0 Å². The number of hydrogen-bond donors (Lipinski definition) is 2. The van der Waals surface area contributed by atoms with E-state index < -0.39 is 5.92 Å². The molecular formula is C10H18N2O2S. The Morgan fingerprint density at radius 3 is 2.47 bits per heavy atom. The number of hydrogen-bond acceptors (Lipinski definition) is 4. The van der Waals surface area contributed by atoms with E-state index in [2.05, 4.69) is 22.4 Å². The molecule has 0 radical (unpaired) electrons. The summed E-state index contributed by atoms with van der Waals surface area (Å²) in [5.74, 6) is -0.914. The Kier molecular flexibility index (Phi) is 5.69. The molecule has 0 saturated heterocycles. The summed E-state index contributed by atoms with van der Waals surface area (Å²) in [5, 5.41) is 11.6. The van der Waals surface area contributed by atoms with Gasteiger partial charge in [0.15, 0.2) is 0 Å². The molecule has 86 valence electrons. The van der Waals surface area contributed by atoms with Crippen molar-refractivity contribution in [3.05, 3.63) is 0 Å². The minimum atomic E-state index is -0.653. The summed E-state index contributed by atoms with van der Waals surface area (Å²) in [6.07, 6.45) is 0. The summed E-state index contributed by atoms with van der Waals surface area (Å²) >= 11 is 3.60. The lowest BCUT2D eigenvalue weighted by atomic mass is 9.81. The molecule has 5 heteroatoms. The van der Waals surface area contributed by atoms with Crippen molar-refractivity contribution >= 4 is 18.8 Å². The second-order valence-electron chi connectivity index (χ2n) is 4.63. The molecule has 2 unspecified atom stereocenters. The molecule has 0 spiro atoms. The van der Waals surface area contributed by atoms with Crippen LogP contribution in [0.25, 0.3) is 0 Å². The fraction of sp³-hybridized carbons (Fsp3) is 0.800. The Morgan fingerprint density at radius 1 is 1.60 bits per heavy atom. The number of thiol groups is 1. The molecule has 0 aliphatic rings. The third-order valence-electron chi connectivity index (χ3n) is 1.97. The first-order chi connectivity index (χ1) is 6.82. The van der Waals surface area contributed by atoms with Gasteiger partial charge in [-0.1, -0.05) is 20.8 Å². The van der Waals surface area contributed by atoms with Gasteiger partial charge in [0, 0.05) is 0 Å². The average molecular weight is 230 g/mol. The molecule has 0 aromatic rings. The Hall–Kier alpha value is -0.730. The zero-order chi connectivity index (χ0) is 12.1. The summed E-state index contributed by atoms with van der Waals surface area (Å²) < 4.78 is 4.60. The van der Waals surface area contributed by atoms with E-state index in [4.69, 9.17) is 5.26 Å². The van der Waals surface area contributed by atoms with Crippen LogP contribution in [0.15, 0.2) is 0 Å². The minimum Gasteiger partial charge on any atom is -0.350 e. The largest absolute Gasteiger partial charge is 0.350 e. The minimum absolute atomic E-state index is 0.145. The molecule has 0 aliphatic heterocycles. The van der Waals surface area contributed by atoms with Gasteiger partial charge in [0.1, 0.15) is 5.92 Å². The van der Waals surface area contributed by atoms with Crippen molar-refractivity contribution in [1.82, 2.24) is 5.32 Å². The van der Waals surface area contributed by atoms with E-state index in [9.17, 15) is 4.79 Å². The van der Waals surface area contributed by atoms with E-state index in [1.807, 2.05) is 26.8 Å². The van der Waals surface area contributed by atoms with Gasteiger partial charge in [0.25, 0.3) is 0 Å². The molecule has 1 amide bonds. The van der Waals surface area contributed by atoms with Gasteiger partial charge in [-0.3, -0.25) is 4.79 Å². The number of nitrogens with zero attached hydrogens (tertiary/aromatic N) is 1. The highest BCUT2D eigenvalue weighted by Crippen LogP contribution is 2.25. The summed E-state index contributed by atoms with van der Waals surface area (Å²) in [6.45, 7) is 7.70. The van der Waals surface area contributed by atoms with Crippen LogP contribution in [0.2, 0.25) is 0 Å². The van der Waals surface area contributed by atoms with Crippen LogP contribution >= 0.6 is 12.9 Å². The Morgan fingerprint density at radius 2 is 2.13 bits per heavy atom. The normalized spacial score (nSPS) is 15.2. The molecule has 0 aliphatic carbocycles. The smallest absolute Gasteiger partial charge is 0.238 e. The molecule has 15 heavy (non-hydrogen) atoms. The van der Waals surface area contributed by atoms with Crippen LogP contribution in [0.3, 0.4) is 0 Å². The number of nitrogens with one attached hydrogen (secondary N) is 1. The Balaban J connectivity index is 4.37. The predicted octanol–water partition coefficient (Wildman–Crippen LogP) is 1.54. The molecule has 4 nitrogen and oxygen atoms in total. The lowest BCUT2D eigenvalue weighted by molar-refractivity contribution is -0.126. The molecule has 0 aromatic carbocycles. The summed E-state index contributed by atoms with van der Waals surface area (Å²) in [6, 6.07) is 1.87. The fourth-order valence-corrected chi connectivity index (χ4v) is 1.35. The van der Waals surface area contributed by atoms with E-state index in [1.54, 1.807) is 6.92 Å². The predicted molar refractivity (Wildman–Crippen MR) is 61.1 cm³/mol. The zero-order valence-electron chi connectivity index (χ0n) is 9.57. The maximum atomic E-state index is 11.7. The lowest BCUT2D eigenvalue weighted by Gasteiger charge is -2.25. The number of carbonyl (C=O) groups is 1. The summed E-state index contributed by atoms with van der Waals surface area (Å²) in [7, 11) is 0. The molecule has 2 atom stereocenters. The topological polar surface area (TPSA) is 62.1 Å². The molecule has 0 aromatic heterocycles. The van der Waals surface area contributed by atoms with Crippen molar-refractivity contribution < 1.29 is 8.98 Å². The van der Waals surface area contributed by atoms with Crippen LogP contribution in [-0.4, -0.2) is 18.6 Å². The Labute approximate surface area is 96.6 Å². The van der Waals surface area contributed by atoms with Crippen molar-refractivity contribution in [2.45, 2.75) is 33.7 Å². The van der Waals surface area contributed by atoms with Crippen LogP contribution in [0, 0.1) is 22.7 Å². The molecule has 0 rings (SSSR count). The number of carbonyl (C=O) groups excluding carboxylic acids is 1. The standard InChI is InChI=1S/C10H18N2O2S/c1-7(6-14-15)12-9(13)8(5-11)10(2,3)4/h7-8,15H,6H2,1-4H3,(H,12,13). The van der Waals surface area contributed by atoms with E-state index in [-0.39, 0.29) is 17.4 Å². The number of nitriles is 1. The van der Waals surface area contributed by atoms with Crippen molar-refractivity contribution in [3.8, 4) is 6.07 Å². The number of amides is 1. The average Bonchev–Trinajstić information content (AvgIpc) is 2.02. The van der Waals surface area contributed by atoms with Gasteiger partial charge in [0.05, 0.1) is 18.7 Å². The van der Waals surface area contributed by atoms with E-state index in [1.165, 1.54) is 0 Å². The third kappa shape index (κ3) is 5.05. The maximum absolute atomic E-state index is 11.7. The van der Waals surface area contributed by atoms with Gasteiger partial charge in [-0.2, -0.15) is 5.26 Å². The van der Waals surface area contributed by atoms with Gasteiger partial charge in [-0.05, 0) is 25.2 Å². The van der Waals surface area contributed by atoms with Crippen LogP contribution in [0.1, 0.15) is 27.7 Å². The molecule has 0 bridgehead atoms. The van der Waals surface area contributed by atoms with Crippen LogP contribution in [-0.2, 0) is 8.98 Å². The van der Waals surface area contributed by atoms with Gasteiger partial charge >= 0.3 is 0 Å². The molecule has 0 heterocycles. The quantitative estimate of drug-likeness (QED) is 0.569. The van der Waals surface area contributed by atoms with Crippen molar-refractivity contribution in [2.75, 3.05) is 6.61 Å². The van der Waals surface area contributed by atoms with Crippen LogP contribution < -0.4 is 5.32 Å². The fourth-order valence-electron chi connectivity index (χ4n) is 1.13. The molecular weight excluding hydrogens is 212 g/mol. The highest BCUT2D eigenvalue weighted by atomic mass is 32.1.